The second-order valence-corrected chi connectivity index (χ2v) is 4.99. The number of esters is 1. The van der Waals surface area contributed by atoms with E-state index in [2.05, 4.69) is 25.7 Å². The van der Waals surface area contributed by atoms with Crippen LogP contribution in [0.4, 0.5) is 0 Å². The largest absolute Gasteiger partial charge is 0.465 e. The molecule has 0 aromatic carbocycles. The van der Waals surface area contributed by atoms with Gasteiger partial charge in [-0.15, -0.1) is 0 Å². The molecule has 0 unspecified atom stereocenters. The van der Waals surface area contributed by atoms with Gasteiger partial charge in [0.15, 0.2) is 0 Å². The van der Waals surface area contributed by atoms with Crippen LogP contribution in [-0.2, 0) is 11.2 Å². The number of methoxy groups -OCH3 is 1. The molecule has 1 rings (SSSR count). The lowest BCUT2D eigenvalue weighted by molar-refractivity contribution is 0.0598. The van der Waals surface area contributed by atoms with Crippen LogP contribution < -0.4 is 5.56 Å². The first-order valence-electron chi connectivity index (χ1n) is 5.35. The van der Waals surface area contributed by atoms with Crippen molar-refractivity contribution < 1.29 is 9.53 Å². The first-order valence-corrected chi connectivity index (χ1v) is 6.14. The lowest BCUT2D eigenvalue weighted by atomic mass is 10.0. The maximum Gasteiger partial charge on any atom is 0.340 e. The number of hydrogen-bond acceptors (Lipinski definition) is 4. The summed E-state index contributed by atoms with van der Waals surface area (Å²) in [5.74, 6) is -0.398. The van der Waals surface area contributed by atoms with E-state index in [0.717, 1.165) is 0 Å². The number of H-pyrrole nitrogens is 1. The number of nitriles is 1. The second-order valence-electron chi connectivity index (χ2n) is 4.20. The first-order chi connectivity index (χ1) is 8.42. The Morgan fingerprint density at radius 3 is 2.61 bits per heavy atom. The van der Waals surface area contributed by atoms with Crippen LogP contribution >= 0.6 is 15.9 Å². The number of nitrogens with zero attached hydrogens (tertiary/aromatic N) is 1. The van der Waals surface area contributed by atoms with E-state index in [0.29, 0.717) is 22.5 Å². The summed E-state index contributed by atoms with van der Waals surface area (Å²) in [5.41, 5.74) is -0.230. The average molecular weight is 313 g/mol. The third-order valence-corrected chi connectivity index (χ3v) is 3.21. The summed E-state index contributed by atoms with van der Waals surface area (Å²) in [7, 11) is 1.21. The van der Waals surface area contributed by atoms with E-state index in [9.17, 15) is 9.59 Å². The van der Waals surface area contributed by atoms with Gasteiger partial charge in [-0.3, -0.25) is 4.79 Å². The highest BCUT2D eigenvalue weighted by Gasteiger charge is 2.22. The van der Waals surface area contributed by atoms with Crippen molar-refractivity contribution in [1.82, 2.24) is 4.98 Å². The summed E-state index contributed by atoms with van der Waals surface area (Å²) in [6.07, 6.45) is 0.589. The Morgan fingerprint density at radius 2 is 2.17 bits per heavy atom. The van der Waals surface area contributed by atoms with Crippen LogP contribution in [0.2, 0.25) is 0 Å². The molecule has 0 radical (unpaired) electrons. The lowest BCUT2D eigenvalue weighted by Gasteiger charge is -2.11. The number of nitrogens with one attached hydrogen (secondary N) is 1. The van der Waals surface area contributed by atoms with Crippen molar-refractivity contribution in [1.29, 1.82) is 5.26 Å². The molecular formula is C12H13BrN2O3. The lowest BCUT2D eigenvalue weighted by Crippen LogP contribution is -2.21. The normalized spacial score (nSPS) is 10.2. The quantitative estimate of drug-likeness (QED) is 0.865. The van der Waals surface area contributed by atoms with Crippen LogP contribution in [0.3, 0.4) is 0 Å². The molecule has 0 aliphatic carbocycles. The molecule has 0 fully saturated rings. The van der Waals surface area contributed by atoms with Crippen molar-refractivity contribution in [3.8, 4) is 6.07 Å². The summed E-state index contributed by atoms with van der Waals surface area (Å²) >= 11 is 3.25. The molecule has 1 aromatic rings. The maximum atomic E-state index is 11.7. The van der Waals surface area contributed by atoms with Crippen LogP contribution in [0.25, 0.3) is 0 Å². The highest BCUT2D eigenvalue weighted by molar-refractivity contribution is 9.10. The monoisotopic (exact) mass is 312 g/mol. The first kappa shape index (κ1) is 14.5. The molecule has 1 aromatic heterocycles. The fourth-order valence-electron chi connectivity index (χ4n) is 1.58. The Morgan fingerprint density at radius 1 is 1.56 bits per heavy atom. The fraction of sp³-hybridized carbons (Fsp3) is 0.417. The number of rotatable bonds is 3. The minimum Gasteiger partial charge on any atom is -0.465 e. The van der Waals surface area contributed by atoms with Gasteiger partial charge in [-0.1, -0.05) is 13.8 Å². The van der Waals surface area contributed by atoms with Gasteiger partial charge in [0.05, 0.1) is 17.1 Å². The summed E-state index contributed by atoms with van der Waals surface area (Å²) in [4.78, 5) is 26.0. The number of aromatic amines is 1. The Balaban J connectivity index is 3.55. The molecule has 0 atom stereocenters. The van der Waals surface area contributed by atoms with Gasteiger partial charge >= 0.3 is 5.97 Å². The molecule has 0 saturated carbocycles. The molecule has 96 valence electrons. The van der Waals surface area contributed by atoms with Gasteiger partial charge in [-0.25, -0.2) is 4.79 Å². The number of carbonyl (C=O) groups is 1. The predicted octanol–water partition coefficient (Wildman–Crippen LogP) is 1.99. The van der Waals surface area contributed by atoms with Gasteiger partial charge in [-0.05, 0) is 28.3 Å². The topological polar surface area (TPSA) is 83.0 Å². The van der Waals surface area contributed by atoms with Crippen LogP contribution in [0.1, 0.15) is 35.5 Å². The second kappa shape index (κ2) is 5.83. The van der Waals surface area contributed by atoms with Crippen molar-refractivity contribution in [3.63, 3.8) is 0 Å². The minimum atomic E-state index is -0.700. The zero-order valence-corrected chi connectivity index (χ0v) is 11.9. The van der Waals surface area contributed by atoms with Gasteiger partial charge < -0.3 is 9.72 Å². The number of ether oxygens (including phenoxy) is 1. The van der Waals surface area contributed by atoms with E-state index in [1.54, 1.807) is 6.07 Å². The van der Waals surface area contributed by atoms with Crippen LogP contribution in [0.5, 0.6) is 0 Å². The maximum absolute atomic E-state index is 11.7. The van der Waals surface area contributed by atoms with E-state index < -0.39 is 11.5 Å². The molecule has 0 aliphatic heterocycles. The van der Waals surface area contributed by atoms with E-state index >= 15 is 0 Å². The number of carbonyl (C=O) groups excluding carboxylic acids is 1. The van der Waals surface area contributed by atoms with Crippen LogP contribution in [0.15, 0.2) is 9.27 Å². The Labute approximate surface area is 113 Å². The molecular weight excluding hydrogens is 300 g/mol. The summed E-state index contributed by atoms with van der Waals surface area (Å²) in [5, 5.41) is 8.94. The molecule has 0 amide bonds. The van der Waals surface area contributed by atoms with Gasteiger partial charge in [0, 0.05) is 5.69 Å². The number of aromatic nitrogens is 1. The summed E-state index contributed by atoms with van der Waals surface area (Å²) in [6, 6.07) is 1.73. The number of hydrogen-bond donors (Lipinski definition) is 1. The molecule has 18 heavy (non-hydrogen) atoms. The molecule has 1 N–H and O–H groups in total. The fourth-order valence-corrected chi connectivity index (χ4v) is 2.20. The summed E-state index contributed by atoms with van der Waals surface area (Å²) in [6.45, 7) is 3.97. The highest BCUT2D eigenvalue weighted by Crippen LogP contribution is 2.24. The van der Waals surface area contributed by atoms with Gasteiger partial charge in [0.1, 0.15) is 11.6 Å². The molecule has 0 saturated heterocycles. The van der Waals surface area contributed by atoms with Gasteiger partial charge in [-0.2, -0.15) is 5.26 Å². The van der Waals surface area contributed by atoms with Crippen molar-refractivity contribution >= 4 is 21.9 Å². The SMILES string of the molecule is COC(=O)c1c(Br)c(CC(C)C)[nH]c(=O)c1C#N. The van der Waals surface area contributed by atoms with Gasteiger partial charge in [0.25, 0.3) is 5.56 Å². The van der Waals surface area contributed by atoms with Crippen LogP contribution in [0, 0.1) is 17.2 Å². The zero-order chi connectivity index (χ0) is 13.9. The Hall–Kier alpha value is -1.61. The number of halogens is 1. The highest BCUT2D eigenvalue weighted by atomic mass is 79.9. The van der Waals surface area contributed by atoms with E-state index in [1.807, 2.05) is 13.8 Å². The van der Waals surface area contributed by atoms with Gasteiger partial charge in [0.2, 0.25) is 0 Å². The minimum absolute atomic E-state index is 0.0144. The molecule has 6 heteroatoms. The molecule has 0 bridgehead atoms. The molecule has 5 nitrogen and oxygen atoms in total. The average Bonchev–Trinajstić information content (AvgIpc) is 2.31. The Kier molecular flexibility index (Phi) is 4.68. The predicted molar refractivity (Wildman–Crippen MR) is 69.4 cm³/mol. The standard InChI is InChI=1S/C12H13BrN2O3/c1-6(2)4-8-10(13)9(12(17)18-3)7(5-14)11(16)15-8/h6H,4H2,1-3H3,(H,15,16). The van der Waals surface area contributed by atoms with E-state index in [1.165, 1.54) is 7.11 Å². The van der Waals surface area contributed by atoms with E-state index in [-0.39, 0.29) is 11.1 Å². The van der Waals surface area contributed by atoms with E-state index in [4.69, 9.17) is 5.26 Å². The summed E-state index contributed by atoms with van der Waals surface area (Å²) < 4.78 is 5.02. The van der Waals surface area contributed by atoms with Crippen molar-refractivity contribution in [2.75, 3.05) is 7.11 Å². The number of pyridine rings is 1. The van der Waals surface area contributed by atoms with Crippen molar-refractivity contribution in [2.45, 2.75) is 20.3 Å². The third kappa shape index (κ3) is 2.79. The zero-order valence-electron chi connectivity index (χ0n) is 10.3. The third-order valence-electron chi connectivity index (χ3n) is 2.34. The smallest absolute Gasteiger partial charge is 0.340 e. The Bertz CT molecular complexity index is 570. The molecule has 1 heterocycles. The van der Waals surface area contributed by atoms with Crippen molar-refractivity contribution in [2.24, 2.45) is 5.92 Å². The van der Waals surface area contributed by atoms with Crippen molar-refractivity contribution in [3.05, 3.63) is 31.6 Å². The molecule has 0 aliphatic rings. The van der Waals surface area contributed by atoms with Crippen LogP contribution in [-0.4, -0.2) is 18.1 Å². The molecule has 0 spiro atoms.